The second-order valence-corrected chi connectivity index (χ2v) is 5.73. The molecule has 0 radical (unpaired) electrons. The highest BCUT2D eigenvalue weighted by Gasteiger charge is 2.39. The molecule has 3 aliphatic heterocycles. The van der Waals surface area contributed by atoms with Gasteiger partial charge in [-0.1, -0.05) is 12.1 Å². The summed E-state index contributed by atoms with van der Waals surface area (Å²) in [5.74, 6) is 0.570. The normalized spacial score (nSPS) is 29.0. The molecule has 0 spiro atoms. The quantitative estimate of drug-likeness (QED) is 0.840. The van der Waals surface area contributed by atoms with Gasteiger partial charge in [0.25, 0.3) is 0 Å². The SMILES string of the molecule is Cc1cccc(NC(=O)O[C@H]2C[NH+]3CCC2CC3)c1. The maximum atomic E-state index is 11.9. The van der Waals surface area contributed by atoms with Crippen molar-refractivity contribution in [3.05, 3.63) is 29.8 Å². The van der Waals surface area contributed by atoms with E-state index in [1.165, 1.54) is 25.9 Å². The van der Waals surface area contributed by atoms with E-state index in [2.05, 4.69) is 5.32 Å². The largest absolute Gasteiger partial charge is 0.440 e. The number of hydrogen-bond donors (Lipinski definition) is 2. The molecule has 2 N–H and O–H groups in total. The van der Waals surface area contributed by atoms with Gasteiger partial charge in [-0.3, -0.25) is 5.32 Å². The molecular weight excluding hydrogens is 240 g/mol. The molecule has 0 saturated carbocycles. The average Bonchev–Trinajstić information content (AvgIpc) is 2.40. The number of nitrogens with one attached hydrogen (secondary N) is 2. The number of fused-ring (bicyclic) bond motifs is 3. The van der Waals surface area contributed by atoms with Crippen LogP contribution in [0.2, 0.25) is 0 Å². The molecular formula is C15H21N2O2+. The van der Waals surface area contributed by atoms with Crippen LogP contribution in [-0.4, -0.2) is 31.8 Å². The van der Waals surface area contributed by atoms with Crippen molar-refractivity contribution in [3.8, 4) is 0 Å². The predicted octanol–water partition coefficient (Wildman–Crippen LogP) is 1.22. The minimum atomic E-state index is -0.316. The van der Waals surface area contributed by atoms with Crippen LogP contribution in [0.15, 0.2) is 24.3 Å². The highest BCUT2D eigenvalue weighted by Crippen LogP contribution is 2.21. The molecule has 3 aliphatic rings. The van der Waals surface area contributed by atoms with E-state index in [1.807, 2.05) is 31.2 Å². The Labute approximate surface area is 113 Å². The van der Waals surface area contributed by atoms with E-state index in [9.17, 15) is 4.79 Å². The summed E-state index contributed by atoms with van der Waals surface area (Å²) >= 11 is 0. The van der Waals surface area contributed by atoms with Crippen LogP contribution in [0.25, 0.3) is 0 Å². The third-order valence-electron chi connectivity index (χ3n) is 4.28. The fourth-order valence-corrected chi connectivity index (χ4v) is 3.22. The molecule has 3 saturated heterocycles. The van der Waals surface area contributed by atoms with Crippen molar-refractivity contribution < 1.29 is 14.4 Å². The second-order valence-electron chi connectivity index (χ2n) is 5.73. The van der Waals surface area contributed by atoms with Crippen molar-refractivity contribution in [1.29, 1.82) is 0 Å². The Morgan fingerprint density at radius 2 is 2.16 bits per heavy atom. The molecule has 1 amide bonds. The highest BCUT2D eigenvalue weighted by molar-refractivity contribution is 5.84. The first-order valence-corrected chi connectivity index (χ1v) is 7.08. The lowest BCUT2D eigenvalue weighted by atomic mass is 9.86. The van der Waals surface area contributed by atoms with Crippen molar-refractivity contribution in [2.45, 2.75) is 25.9 Å². The van der Waals surface area contributed by atoms with E-state index in [-0.39, 0.29) is 12.2 Å². The molecule has 0 aromatic heterocycles. The molecule has 2 bridgehead atoms. The van der Waals surface area contributed by atoms with Gasteiger partial charge in [0.05, 0.1) is 13.1 Å². The smallest absolute Gasteiger partial charge is 0.412 e. The Balaban J connectivity index is 1.57. The lowest BCUT2D eigenvalue weighted by Gasteiger charge is -2.40. The van der Waals surface area contributed by atoms with Crippen LogP contribution < -0.4 is 10.2 Å². The molecule has 1 aromatic carbocycles. The summed E-state index contributed by atoms with van der Waals surface area (Å²) in [6.07, 6.45) is 2.17. The van der Waals surface area contributed by atoms with Crippen molar-refractivity contribution in [2.75, 3.05) is 25.0 Å². The van der Waals surface area contributed by atoms with Crippen LogP contribution >= 0.6 is 0 Å². The zero-order chi connectivity index (χ0) is 13.2. The first kappa shape index (κ1) is 12.5. The maximum absolute atomic E-state index is 11.9. The van der Waals surface area contributed by atoms with Gasteiger partial charge in [-0.05, 0) is 24.6 Å². The van der Waals surface area contributed by atoms with Crippen molar-refractivity contribution in [3.63, 3.8) is 0 Å². The number of aryl methyl sites for hydroxylation is 1. The number of amides is 1. The topological polar surface area (TPSA) is 42.8 Å². The van der Waals surface area contributed by atoms with Gasteiger partial charge in [-0.15, -0.1) is 0 Å². The number of rotatable bonds is 2. The minimum Gasteiger partial charge on any atom is -0.440 e. The van der Waals surface area contributed by atoms with Gasteiger partial charge in [0.15, 0.2) is 6.10 Å². The Kier molecular flexibility index (Phi) is 3.42. The van der Waals surface area contributed by atoms with E-state index < -0.39 is 0 Å². The van der Waals surface area contributed by atoms with Crippen LogP contribution in [0.3, 0.4) is 0 Å². The van der Waals surface area contributed by atoms with Gasteiger partial charge >= 0.3 is 6.09 Å². The number of quaternary nitrogens is 1. The van der Waals surface area contributed by atoms with Crippen molar-refractivity contribution >= 4 is 11.8 Å². The zero-order valence-electron chi connectivity index (χ0n) is 11.3. The lowest BCUT2D eigenvalue weighted by Crippen LogP contribution is -3.16. The molecule has 1 aromatic rings. The standard InChI is InChI=1S/C15H20N2O2/c1-11-3-2-4-13(9-11)16-15(18)19-14-10-17-7-5-12(14)6-8-17/h2-4,9,12,14H,5-8,10H2,1H3,(H,16,18)/p+1/t14-/m0/s1. The second kappa shape index (κ2) is 5.21. The summed E-state index contributed by atoms with van der Waals surface area (Å²) in [7, 11) is 0. The third-order valence-corrected chi connectivity index (χ3v) is 4.28. The lowest BCUT2D eigenvalue weighted by molar-refractivity contribution is -0.920. The van der Waals surface area contributed by atoms with Gasteiger partial charge in [-0.2, -0.15) is 0 Å². The van der Waals surface area contributed by atoms with E-state index in [4.69, 9.17) is 4.74 Å². The Bertz CT molecular complexity index is 467. The van der Waals surface area contributed by atoms with Crippen LogP contribution in [0.4, 0.5) is 10.5 Å². The summed E-state index contributed by atoms with van der Waals surface area (Å²) in [5.41, 5.74) is 1.93. The summed E-state index contributed by atoms with van der Waals surface area (Å²) < 4.78 is 5.60. The molecule has 4 heteroatoms. The van der Waals surface area contributed by atoms with Gasteiger partial charge in [0.2, 0.25) is 0 Å². The minimum absolute atomic E-state index is 0.0994. The molecule has 3 fully saturated rings. The van der Waals surface area contributed by atoms with Crippen LogP contribution in [-0.2, 0) is 4.74 Å². The van der Waals surface area contributed by atoms with Crippen molar-refractivity contribution in [1.82, 2.24) is 0 Å². The number of hydrogen-bond acceptors (Lipinski definition) is 2. The molecule has 3 heterocycles. The number of carbonyl (C=O) groups is 1. The Morgan fingerprint density at radius 3 is 2.79 bits per heavy atom. The number of carbonyl (C=O) groups excluding carboxylic acids is 1. The first-order chi connectivity index (χ1) is 9.20. The molecule has 102 valence electrons. The highest BCUT2D eigenvalue weighted by atomic mass is 16.6. The fourth-order valence-electron chi connectivity index (χ4n) is 3.22. The molecule has 1 atom stereocenters. The molecule has 4 nitrogen and oxygen atoms in total. The van der Waals surface area contributed by atoms with Gasteiger partial charge in [0.1, 0.15) is 6.54 Å². The van der Waals surface area contributed by atoms with Crippen molar-refractivity contribution in [2.24, 2.45) is 5.92 Å². The molecule has 19 heavy (non-hydrogen) atoms. The molecule has 0 unspecified atom stereocenters. The maximum Gasteiger partial charge on any atom is 0.412 e. The Morgan fingerprint density at radius 1 is 1.37 bits per heavy atom. The van der Waals surface area contributed by atoms with Gasteiger partial charge in [0, 0.05) is 24.4 Å². The predicted molar refractivity (Wildman–Crippen MR) is 73.4 cm³/mol. The monoisotopic (exact) mass is 261 g/mol. The number of anilines is 1. The summed E-state index contributed by atoms with van der Waals surface area (Å²) in [6, 6.07) is 7.77. The van der Waals surface area contributed by atoms with E-state index >= 15 is 0 Å². The number of piperidine rings is 3. The van der Waals surface area contributed by atoms with E-state index in [0.29, 0.717) is 5.92 Å². The summed E-state index contributed by atoms with van der Waals surface area (Å²) in [5, 5.41) is 2.82. The number of benzene rings is 1. The summed E-state index contributed by atoms with van der Waals surface area (Å²) in [6.45, 7) is 5.47. The van der Waals surface area contributed by atoms with Crippen LogP contribution in [0.5, 0.6) is 0 Å². The Hall–Kier alpha value is -1.55. The summed E-state index contributed by atoms with van der Waals surface area (Å²) in [4.78, 5) is 13.5. The molecule has 4 rings (SSSR count). The van der Waals surface area contributed by atoms with Crippen LogP contribution in [0, 0.1) is 12.8 Å². The average molecular weight is 261 g/mol. The van der Waals surface area contributed by atoms with Gasteiger partial charge in [-0.25, -0.2) is 4.79 Å². The van der Waals surface area contributed by atoms with E-state index in [0.717, 1.165) is 17.8 Å². The van der Waals surface area contributed by atoms with Gasteiger partial charge < -0.3 is 9.64 Å². The van der Waals surface area contributed by atoms with E-state index in [1.54, 1.807) is 4.90 Å². The zero-order valence-corrected chi connectivity index (χ0v) is 11.3. The third kappa shape index (κ3) is 2.89. The molecule has 0 aliphatic carbocycles. The fraction of sp³-hybridized carbons (Fsp3) is 0.533. The first-order valence-electron chi connectivity index (χ1n) is 7.08. The van der Waals surface area contributed by atoms with Crippen LogP contribution in [0.1, 0.15) is 18.4 Å². The number of ether oxygens (including phenoxy) is 1.